The van der Waals surface area contributed by atoms with Crippen LogP contribution in [0.1, 0.15) is 22.8 Å². The van der Waals surface area contributed by atoms with Crippen molar-refractivity contribution in [2.45, 2.75) is 13.5 Å². The molecule has 2 N–H and O–H groups in total. The van der Waals surface area contributed by atoms with Crippen LogP contribution in [0.3, 0.4) is 0 Å². The second-order valence-corrected chi connectivity index (χ2v) is 11.7. The Morgan fingerprint density at radius 2 is 1.64 bits per heavy atom. The molecule has 1 aliphatic rings. The van der Waals surface area contributed by atoms with Crippen molar-refractivity contribution in [3.05, 3.63) is 83.0 Å². The Kier molecular flexibility index (Phi) is 7.94. The predicted octanol–water partition coefficient (Wildman–Crippen LogP) is 5.55. The second kappa shape index (κ2) is 11.9. The van der Waals surface area contributed by atoms with E-state index in [2.05, 4.69) is 10.00 Å². The number of likely N-dealkylation sites (tertiary alicyclic amines) is 1. The van der Waals surface area contributed by atoms with E-state index in [1.807, 2.05) is 55.5 Å². The second-order valence-electron chi connectivity index (χ2n) is 11.3. The van der Waals surface area contributed by atoms with Crippen LogP contribution in [0, 0.1) is 5.41 Å². The minimum Gasteiger partial charge on any atom is -0.496 e. The number of hydrogen-bond acceptors (Lipinski definition) is 8. The molecule has 0 spiro atoms. The first kappa shape index (κ1) is 30.1. The lowest BCUT2D eigenvalue weighted by molar-refractivity contribution is -0.136. The minimum absolute atomic E-state index is 0.287. The van der Waals surface area contributed by atoms with Gasteiger partial charge >= 0.3 is 0 Å². The van der Waals surface area contributed by atoms with Crippen LogP contribution in [0.25, 0.3) is 39.0 Å². The highest BCUT2D eigenvalue weighted by Gasteiger charge is 2.43. The molecule has 6 rings (SSSR count). The van der Waals surface area contributed by atoms with Crippen LogP contribution in [0.15, 0.2) is 66.9 Å². The molecule has 3 heterocycles. The summed E-state index contributed by atoms with van der Waals surface area (Å²) in [6.07, 6.45) is 2.50. The topological polar surface area (TPSA) is 122 Å². The van der Waals surface area contributed by atoms with E-state index in [-0.39, 0.29) is 5.91 Å². The number of benzene rings is 3. The number of halogens is 1. The molecule has 1 amide bonds. The summed E-state index contributed by atoms with van der Waals surface area (Å²) in [5.74, 6) is 0.984. The van der Waals surface area contributed by atoms with Gasteiger partial charge in [-0.1, -0.05) is 48.0 Å². The number of methoxy groups -OCH3 is 3. The third-order valence-electron chi connectivity index (χ3n) is 8.34. The number of amides is 1. The van der Waals surface area contributed by atoms with Gasteiger partial charge in [0.25, 0.3) is 0 Å². The number of aromatic nitrogens is 3. The van der Waals surface area contributed by atoms with E-state index in [1.165, 1.54) is 14.2 Å². The van der Waals surface area contributed by atoms with Crippen molar-refractivity contribution >= 4 is 34.7 Å². The number of nitrogens with two attached hydrogens (primary N) is 1. The monoisotopic (exact) mass is 625 g/mol. The lowest BCUT2D eigenvalue weighted by Gasteiger charge is -2.45. The van der Waals surface area contributed by atoms with Crippen LogP contribution in [0.5, 0.6) is 17.4 Å². The lowest BCUT2D eigenvalue weighted by Crippen LogP contribution is -2.60. The van der Waals surface area contributed by atoms with Crippen LogP contribution in [-0.4, -0.2) is 66.3 Å². The molecule has 5 aromatic rings. The molecule has 1 fully saturated rings. The van der Waals surface area contributed by atoms with E-state index < -0.39 is 5.41 Å². The fourth-order valence-electron chi connectivity index (χ4n) is 5.96. The Labute approximate surface area is 265 Å². The fraction of sp³-hybridized carbons (Fsp3) is 0.235. The Morgan fingerprint density at radius 1 is 0.978 bits per heavy atom. The van der Waals surface area contributed by atoms with Gasteiger partial charge in [0.1, 0.15) is 11.5 Å². The molecule has 1 saturated heterocycles. The molecule has 0 unspecified atom stereocenters. The van der Waals surface area contributed by atoms with Gasteiger partial charge in [0, 0.05) is 53.8 Å². The van der Waals surface area contributed by atoms with Crippen LogP contribution >= 0.6 is 11.6 Å². The highest BCUT2D eigenvalue weighted by atomic mass is 35.5. The van der Waals surface area contributed by atoms with Gasteiger partial charge in [-0.3, -0.25) is 14.5 Å². The first-order valence-corrected chi connectivity index (χ1v) is 14.6. The van der Waals surface area contributed by atoms with Crippen LogP contribution in [-0.2, 0) is 11.3 Å². The zero-order valence-corrected chi connectivity index (χ0v) is 26.1. The normalized spacial score (nSPS) is 14.2. The summed E-state index contributed by atoms with van der Waals surface area (Å²) in [5, 5.41) is 6.09. The van der Waals surface area contributed by atoms with Crippen molar-refractivity contribution < 1.29 is 23.8 Å². The maximum atomic E-state index is 11.7. The van der Waals surface area contributed by atoms with Gasteiger partial charge in [0.05, 0.1) is 60.4 Å². The van der Waals surface area contributed by atoms with E-state index in [9.17, 15) is 9.59 Å². The molecule has 230 valence electrons. The van der Waals surface area contributed by atoms with Crippen LogP contribution in [0.4, 0.5) is 0 Å². The summed E-state index contributed by atoms with van der Waals surface area (Å²) < 4.78 is 18.3. The van der Waals surface area contributed by atoms with E-state index in [4.69, 9.17) is 36.5 Å². The van der Waals surface area contributed by atoms with E-state index in [1.54, 1.807) is 30.1 Å². The van der Waals surface area contributed by atoms with E-state index in [0.29, 0.717) is 65.3 Å². The fourth-order valence-corrected chi connectivity index (χ4v) is 6.28. The molecular formula is C34H32ClN5O5. The number of nitrogens with zero attached hydrogens (tertiary/aromatic N) is 4. The summed E-state index contributed by atoms with van der Waals surface area (Å²) in [6, 6.07) is 19.2. The molecule has 0 atom stereocenters. The number of primary amides is 1. The Bertz CT molecular complexity index is 1920. The highest BCUT2D eigenvalue weighted by molar-refractivity contribution is 6.36. The smallest absolute Gasteiger partial charge is 0.225 e. The number of pyridine rings is 1. The maximum absolute atomic E-state index is 11.7. The van der Waals surface area contributed by atoms with Crippen molar-refractivity contribution in [1.82, 2.24) is 19.7 Å². The molecular weight excluding hydrogens is 594 g/mol. The van der Waals surface area contributed by atoms with Crippen molar-refractivity contribution in [3.63, 3.8) is 0 Å². The number of aldehydes is 1. The molecule has 0 radical (unpaired) electrons. The molecule has 11 heteroatoms. The lowest BCUT2D eigenvalue weighted by atomic mass is 9.81. The third kappa shape index (κ3) is 5.26. The first-order chi connectivity index (χ1) is 21.7. The van der Waals surface area contributed by atoms with Gasteiger partial charge < -0.3 is 19.9 Å². The standard InChI is InChI=1S/C34H32ClN5O5/c1-34(33(36)42)18-39(19-34)16-20-11-12-27(38-32(20)45-4)24-9-5-8-23(31(24)35)22-7-6-10-28-25(22)15-37-40(28)21-13-29(43-2)26(17-41)30(14-21)44-3/h5-15,17H,16,18-19H2,1-4H3,(H2,36,42). The summed E-state index contributed by atoms with van der Waals surface area (Å²) in [6.45, 7) is 3.66. The summed E-state index contributed by atoms with van der Waals surface area (Å²) in [4.78, 5) is 30.3. The first-order valence-electron chi connectivity index (χ1n) is 14.2. The molecule has 0 bridgehead atoms. The average Bonchev–Trinajstić information content (AvgIpc) is 3.48. The van der Waals surface area contributed by atoms with Crippen molar-refractivity contribution in [2.24, 2.45) is 11.1 Å². The Hall–Kier alpha value is -4.93. The minimum atomic E-state index is -0.505. The van der Waals surface area contributed by atoms with E-state index >= 15 is 0 Å². The van der Waals surface area contributed by atoms with Gasteiger partial charge in [0.2, 0.25) is 11.8 Å². The number of carbonyl (C=O) groups is 2. The van der Waals surface area contributed by atoms with Crippen molar-refractivity contribution in [3.8, 4) is 45.5 Å². The zero-order chi connectivity index (χ0) is 31.9. The SMILES string of the molecule is COc1cc(-n2ncc3c(-c4cccc(-c5ccc(CN6CC(C)(C(N)=O)C6)c(OC)n5)c4Cl)cccc32)cc(OC)c1C=O. The Balaban J connectivity index is 1.35. The number of rotatable bonds is 10. The molecule has 45 heavy (non-hydrogen) atoms. The average molecular weight is 626 g/mol. The molecule has 0 saturated carbocycles. The Morgan fingerprint density at radius 3 is 2.29 bits per heavy atom. The highest BCUT2D eigenvalue weighted by Crippen LogP contribution is 2.41. The largest absolute Gasteiger partial charge is 0.496 e. The van der Waals surface area contributed by atoms with Gasteiger partial charge in [-0.2, -0.15) is 5.10 Å². The molecule has 0 aliphatic carbocycles. The third-order valence-corrected chi connectivity index (χ3v) is 8.74. The maximum Gasteiger partial charge on any atom is 0.225 e. The van der Waals surface area contributed by atoms with Crippen LogP contribution in [0.2, 0.25) is 5.02 Å². The van der Waals surface area contributed by atoms with Gasteiger partial charge in [-0.25, -0.2) is 9.67 Å². The molecule has 1 aliphatic heterocycles. The number of carbonyl (C=O) groups excluding carboxylic acids is 2. The molecule has 2 aromatic heterocycles. The van der Waals surface area contributed by atoms with Gasteiger partial charge in [0.15, 0.2) is 6.29 Å². The molecule has 3 aromatic carbocycles. The van der Waals surface area contributed by atoms with Crippen molar-refractivity contribution in [1.29, 1.82) is 0 Å². The zero-order valence-electron chi connectivity index (χ0n) is 25.3. The quantitative estimate of drug-likeness (QED) is 0.200. The number of ether oxygens (including phenoxy) is 3. The van der Waals surface area contributed by atoms with Crippen LogP contribution < -0.4 is 19.9 Å². The van der Waals surface area contributed by atoms with Crippen molar-refractivity contribution in [2.75, 3.05) is 34.4 Å². The van der Waals surface area contributed by atoms with E-state index in [0.717, 1.165) is 33.2 Å². The number of fused-ring (bicyclic) bond motifs is 1. The number of hydrogen-bond donors (Lipinski definition) is 1. The van der Waals surface area contributed by atoms with Gasteiger partial charge in [-0.15, -0.1) is 0 Å². The summed E-state index contributed by atoms with van der Waals surface area (Å²) in [7, 11) is 4.60. The summed E-state index contributed by atoms with van der Waals surface area (Å²) in [5.41, 5.74) is 10.9. The predicted molar refractivity (Wildman–Crippen MR) is 172 cm³/mol. The summed E-state index contributed by atoms with van der Waals surface area (Å²) >= 11 is 7.10. The van der Waals surface area contributed by atoms with Gasteiger partial charge in [-0.05, 0) is 24.6 Å². The molecule has 10 nitrogen and oxygen atoms in total.